The highest BCUT2D eigenvalue weighted by molar-refractivity contribution is 7.85. The van der Waals surface area contributed by atoms with Crippen molar-refractivity contribution in [1.82, 2.24) is 4.90 Å². The van der Waals surface area contributed by atoms with Crippen LogP contribution in [0.3, 0.4) is 0 Å². The van der Waals surface area contributed by atoms with Crippen molar-refractivity contribution in [2.24, 2.45) is 10.2 Å². The number of nitrogens with zero attached hydrogens (tertiary/aromatic N) is 7. The van der Waals surface area contributed by atoms with Gasteiger partial charge in [-0.25, -0.2) is 0 Å². The topological polar surface area (TPSA) is 197 Å². The average Bonchev–Trinajstić information content (AvgIpc) is 3.00. The standard InChI is InChI=1S/C12H12N4O3.C5H11N3O4S/c13-15-14-5-7-19-8-6-16-11(17)9-3-1-2-4-10(9)12(16)18;1-13(9,10)12-5-4-11-3-2-7-8-6/h1-4H,5-8H2;2-5H2,1H3. The fraction of sp³-hybridized carbons (Fsp3) is 0.529. The van der Waals surface area contributed by atoms with Gasteiger partial charge in [0.05, 0.1) is 57.0 Å². The van der Waals surface area contributed by atoms with Gasteiger partial charge in [0.2, 0.25) is 0 Å². The summed E-state index contributed by atoms with van der Waals surface area (Å²) in [5.74, 6) is -0.585. The molecular formula is C17H23N7O7S. The normalized spacial score (nSPS) is 12.3. The molecule has 0 N–H and O–H groups in total. The molecule has 0 spiro atoms. The van der Waals surface area contributed by atoms with E-state index in [0.717, 1.165) is 11.2 Å². The minimum Gasteiger partial charge on any atom is -0.379 e. The zero-order valence-corrected chi connectivity index (χ0v) is 18.2. The van der Waals surface area contributed by atoms with Crippen LogP contribution in [0.1, 0.15) is 20.7 Å². The minimum absolute atomic E-state index is 0.0187. The Morgan fingerprint density at radius 2 is 1.38 bits per heavy atom. The molecule has 1 aliphatic rings. The van der Waals surface area contributed by atoms with Crippen molar-refractivity contribution in [3.8, 4) is 0 Å². The summed E-state index contributed by atoms with van der Waals surface area (Å²) in [6, 6.07) is 6.73. The van der Waals surface area contributed by atoms with Crippen LogP contribution >= 0.6 is 0 Å². The molecule has 0 unspecified atom stereocenters. The number of ether oxygens (including phenoxy) is 2. The summed E-state index contributed by atoms with van der Waals surface area (Å²) in [5.41, 5.74) is 16.8. The summed E-state index contributed by atoms with van der Waals surface area (Å²) in [7, 11) is -3.38. The van der Waals surface area contributed by atoms with Gasteiger partial charge in [-0.2, -0.15) is 8.42 Å². The molecule has 0 saturated heterocycles. The SMILES string of the molecule is CS(=O)(=O)OCCOCCN=[N+]=[N-].[N-]=[N+]=NCCOCCN1C(=O)c2ccccc2C1=O. The van der Waals surface area contributed by atoms with Crippen molar-refractivity contribution in [3.63, 3.8) is 0 Å². The second kappa shape index (κ2) is 14.8. The number of fused-ring (bicyclic) bond motifs is 1. The van der Waals surface area contributed by atoms with E-state index in [0.29, 0.717) is 11.1 Å². The summed E-state index contributed by atoms with van der Waals surface area (Å²) in [6.07, 6.45) is 0.965. The smallest absolute Gasteiger partial charge is 0.264 e. The maximum atomic E-state index is 12.0. The zero-order valence-electron chi connectivity index (χ0n) is 17.4. The Hall–Kier alpha value is -3.19. The molecule has 1 aromatic carbocycles. The van der Waals surface area contributed by atoms with E-state index in [2.05, 4.69) is 24.2 Å². The molecule has 0 atom stereocenters. The molecule has 0 aromatic heterocycles. The molecule has 2 rings (SSSR count). The number of carbonyl (C=O) groups excluding carboxylic acids is 2. The van der Waals surface area contributed by atoms with Gasteiger partial charge in [0.1, 0.15) is 0 Å². The van der Waals surface area contributed by atoms with Gasteiger partial charge < -0.3 is 9.47 Å². The lowest BCUT2D eigenvalue weighted by Gasteiger charge is -2.13. The first-order chi connectivity index (χ1) is 15.3. The van der Waals surface area contributed by atoms with Crippen molar-refractivity contribution in [1.29, 1.82) is 0 Å². The molecule has 0 aliphatic carbocycles. The van der Waals surface area contributed by atoms with Crippen LogP contribution in [0.5, 0.6) is 0 Å². The quantitative estimate of drug-likeness (QED) is 0.105. The van der Waals surface area contributed by atoms with Gasteiger partial charge in [-0.3, -0.25) is 18.7 Å². The van der Waals surface area contributed by atoms with Crippen LogP contribution in [0.15, 0.2) is 34.5 Å². The van der Waals surface area contributed by atoms with E-state index in [4.69, 9.17) is 20.5 Å². The lowest BCUT2D eigenvalue weighted by atomic mass is 10.1. The number of amides is 2. The maximum Gasteiger partial charge on any atom is 0.264 e. The highest BCUT2D eigenvalue weighted by Crippen LogP contribution is 2.21. The predicted molar refractivity (Wildman–Crippen MR) is 112 cm³/mol. The average molecular weight is 469 g/mol. The number of benzene rings is 1. The van der Waals surface area contributed by atoms with E-state index < -0.39 is 10.1 Å². The summed E-state index contributed by atoms with van der Waals surface area (Å²) in [6.45, 7) is 1.57. The summed E-state index contributed by atoms with van der Waals surface area (Å²) < 4.78 is 35.3. The van der Waals surface area contributed by atoms with Crippen molar-refractivity contribution >= 4 is 21.9 Å². The van der Waals surface area contributed by atoms with Crippen molar-refractivity contribution in [2.75, 3.05) is 58.9 Å². The van der Waals surface area contributed by atoms with Crippen LogP contribution in [0.4, 0.5) is 0 Å². The van der Waals surface area contributed by atoms with Gasteiger partial charge in [-0.05, 0) is 23.2 Å². The molecule has 1 aromatic rings. The molecule has 14 nitrogen and oxygen atoms in total. The van der Waals surface area contributed by atoms with E-state index >= 15 is 0 Å². The molecule has 15 heteroatoms. The predicted octanol–water partition coefficient (Wildman–Crippen LogP) is 1.90. The van der Waals surface area contributed by atoms with Crippen LogP contribution in [-0.2, 0) is 23.8 Å². The number of carbonyl (C=O) groups is 2. The third-order valence-electron chi connectivity index (χ3n) is 3.66. The van der Waals surface area contributed by atoms with Crippen LogP contribution in [0.25, 0.3) is 20.9 Å². The molecule has 0 bridgehead atoms. The number of azide groups is 2. The lowest BCUT2D eigenvalue weighted by Crippen LogP contribution is -2.33. The van der Waals surface area contributed by atoms with Crippen LogP contribution in [-0.4, -0.2) is 84.1 Å². The second-order valence-corrected chi connectivity index (χ2v) is 7.61. The Morgan fingerprint density at radius 1 is 0.875 bits per heavy atom. The Kier molecular flexibility index (Phi) is 12.4. The molecule has 0 fully saturated rings. The Bertz CT molecular complexity index is 938. The lowest BCUT2D eigenvalue weighted by molar-refractivity contribution is 0.0570. The van der Waals surface area contributed by atoms with E-state index in [9.17, 15) is 18.0 Å². The molecule has 1 aliphatic heterocycles. The van der Waals surface area contributed by atoms with Crippen LogP contribution in [0, 0.1) is 0 Å². The monoisotopic (exact) mass is 469 g/mol. The maximum absolute atomic E-state index is 12.0. The first kappa shape index (κ1) is 26.8. The van der Waals surface area contributed by atoms with Crippen molar-refractivity contribution in [2.45, 2.75) is 0 Å². The van der Waals surface area contributed by atoms with Crippen molar-refractivity contribution < 1.29 is 31.7 Å². The van der Waals surface area contributed by atoms with Crippen LogP contribution in [0.2, 0.25) is 0 Å². The zero-order chi connectivity index (χ0) is 23.8. The second-order valence-electron chi connectivity index (χ2n) is 5.97. The van der Waals surface area contributed by atoms with Crippen molar-refractivity contribution in [3.05, 3.63) is 56.3 Å². The fourth-order valence-corrected chi connectivity index (χ4v) is 2.72. The Morgan fingerprint density at radius 3 is 1.84 bits per heavy atom. The third kappa shape index (κ3) is 10.2. The van der Waals surface area contributed by atoms with E-state index in [1.54, 1.807) is 24.3 Å². The fourth-order valence-electron chi connectivity index (χ4n) is 2.35. The Balaban J connectivity index is 0.000000347. The molecule has 0 radical (unpaired) electrons. The van der Waals surface area contributed by atoms with Gasteiger partial charge in [0, 0.05) is 22.9 Å². The van der Waals surface area contributed by atoms with Gasteiger partial charge >= 0.3 is 0 Å². The third-order valence-corrected chi connectivity index (χ3v) is 4.26. The molecule has 174 valence electrons. The first-order valence-electron chi connectivity index (χ1n) is 9.28. The summed E-state index contributed by atoms with van der Waals surface area (Å²) >= 11 is 0. The highest BCUT2D eigenvalue weighted by atomic mass is 32.2. The number of hydrogen-bond acceptors (Lipinski definition) is 9. The van der Waals surface area contributed by atoms with Gasteiger partial charge in [0.15, 0.2) is 0 Å². The largest absolute Gasteiger partial charge is 0.379 e. The summed E-state index contributed by atoms with van der Waals surface area (Å²) in [4.78, 5) is 30.2. The van der Waals surface area contributed by atoms with E-state index in [1.807, 2.05) is 0 Å². The van der Waals surface area contributed by atoms with Gasteiger partial charge in [-0.15, -0.1) is 0 Å². The molecule has 2 amide bonds. The van der Waals surface area contributed by atoms with Gasteiger partial charge in [-0.1, -0.05) is 22.4 Å². The van der Waals surface area contributed by atoms with Crippen LogP contribution < -0.4 is 0 Å². The number of rotatable bonds is 13. The molecular weight excluding hydrogens is 446 g/mol. The Labute approximate surface area is 184 Å². The van der Waals surface area contributed by atoms with Gasteiger partial charge in [0.25, 0.3) is 21.9 Å². The first-order valence-corrected chi connectivity index (χ1v) is 11.1. The number of hydrogen-bond donors (Lipinski definition) is 0. The molecule has 0 saturated carbocycles. The summed E-state index contributed by atoms with van der Waals surface area (Å²) in [5, 5.41) is 6.53. The molecule has 1 heterocycles. The minimum atomic E-state index is -3.38. The van der Waals surface area contributed by atoms with E-state index in [-0.39, 0.29) is 64.5 Å². The highest BCUT2D eigenvalue weighted by Gasteiger charge is 2.34. The molecule has 32 heavy (non-hydrogen) atoms. The number of imide groups is 1. The van der Waals surface area contributed by atoms with E-state index in [1.165, 1.54) is 0 Å².